The minimum absolute atomic E-state index is 0.139. The van der Waals surface area contributed by atoms with Gasteiger partial charge in [-0.1, -0.05) is 36.4 Å². The highest BCUT2D eigenvalue weighted by Gasteiger charge is 2.57. The third-order valence-corrected chi connectivity index (χ3v) is 7.17. The van der Waals surface area contributed by atoms with Crippen LogP contribution >= 0.6 is 0 Å². The normalized spacial score (nSPS) is 29.4. The number of allylic oxidation sites excluding steroid dienone is 1. The number of pyridine rings is 1. The molecule has 1 aromatic carbocycles. The molecule has 192 valence electrons. The number of carbonyl (C=O) groups is 5. The van der Waals surface area contributed by atoms with E-state index in [-0.39, 0.29) is 24.6 Å². The SMILES string of the molecule is NC(=O)C1(O)OC(=O)CC1OC(=O)C1CCC2CC=CCC(C(=O)c3nccc4ccccc34)C(=O)N21. The van der Waals surface area contributed by atoms with E-state index >= 15 is 0 Å². The largest absolute Gasteiger partial charge is 0.453 e. The first kappa shape index (κ1) is 24.6. The van der Waals surface area contributed by atoms with Crippen molar-refractivity contribution < 1.29 is 38.6 Å². The predicted octanol–water partition coefficient (Wildman–Crippen LogP) is 0.776. The van der Waals surface area contributed by atoms with E-state index in [1.165, 1.54) is 11.1 Å². The van der Waals surface area contributed by atoms with Crippen LogP contribution < -0.4 is 5.73 Å². The zero-order valence-electron chi connectivity index (χ0n) is 19.7. The van der Waals surface area contributed by atoms with Crippen molar-refractivity contribution >= 4 is 40.3 Å². The van der Waals surface area contributed by atoms with E-state index in [1.807, 2.05) is 18.2 Å². The molecule has 0 spiro atoms. The van der Waals surface area contributed by atoms with Crippen LogP contribution in [0.25, 0.3) is 10.8 Å². The molecule has 0 aliphatic carbocycles. The number of rotatable bonds is 5. The minimum Gasteiger partial charge on any atom is -0.453 e. The molecular weight excluding hydrogens is 482 g/mol. The van der Waals surface area contributed by atoms with E-state index in [0.717, 1.165) is 5.39 Å². The molecule has 5 rings (SSSR count). The number of primary amides is 1. The Hall–Kier alpha value is -4.12. The molecule has 11 heteroatoms. The molecule has 1 aromatic heterocycles. The fraction of sp³-hybridized carbons (Fsp3) is 0.385. The molecule has 3 N–H and O–H groups in total. The number of ether oxygens (including phenoxy) is 2. The highest BCUT2D eigenvalue weighted by Crippen LogP contribution is 2.35. The summed E-state index contributed by atoms with van der Waals surface area (Å²) < 4.78 is 9.91. The number of nitrogens with two attached hydrogens (primary N) is 1. The van der Waals surface area contributed by atoms with Gasteiger partial charge < -0.3 is 25.2 Å². The highest BCUT2D eigenvalue weighted by molar-refractivity contribution is 6.15. The topological polar surface area (TPSA) is 166 Å². The van der Waals surface area contributed by atoms with Crippen LogP contribution in [0.1, 0.15) is 42.6 Å². The molecule has 0 bridgehead atoms. The lowest BCUT2D eigenvalue weighted by atomic mass is 9.91. The number of nitrogens with zero attached hydrogens (tertiary/aromatic N) is 2. The van der Waals surface area contributed by atoms with E-state index in [9.17, 15) is 29.1 Å². The molecule has 37 heavy (non-hydrogen) atoms. The van der Waals surface area contributed by atoms with Crippen molar-refractivity contribution in [3.8, 4) is 0 Å². The summed E-state index contributed by atoms with van der Waals surface area (Å²) in [6.45, 7) is 0. The number of fused-ring (bicyclic) bond motifs is 2. The third kappa shape index (κ3) is 4.25. The van der Waals surface area contributed by atoms with Crippen molar-refractivity contribution in [3.63, 3.8) is 0 Å². The van der Waals surface area contributed by atoms with Gasteiger partial charge in [-0.05, 0) is 37.1 Å². The van der Waals surface area contributed by atoms with Crippen molar-refractivity contribution in [1.29, 1.82) is 0 Å². The van der Waals surface area contributed by atoms with Crippen molar-refractivity contribution in [1.82, 2.24) is 9.88 Å². The lowest BCUT2D eigenvalue weighted by Crippen LogP contribution is -2.55. The number of amides is 2. The Labute approximate surface area is 211 Å². The lowest BCUT2D eigenvalue weighted by molar-refractivity contribution is -0.220. The number of esters is 2. The van der Waals surface area contributed by atoms with Gasteiger partial charge in [0.15, 0.2) is 11.9 Å². The standard InChI is InChI=1S/C26H25N3O8/c27-25(34)26(35)19(13-20(30)37-26)36-24(33)18-10-9-15-6-2-4-8-17(23(32)29(15)18)22(31)21-16-7-3-1-5-14(16)11-12-28-21/h1-5,7,11-12,15,17-19,35H,6,8-10,13H2,(H2,27,34). The van der Waals surface area contributed by atoms with Crippen molar-refractivity contribution in [2.75, 3.05) is 0 Å². The quantitative estimate of drug-likeness (QED) is 0.257. The van der Waals surface area contributed by atoms with Gasteiger partial charge in [-0.15, -0.1) is 0 Å². The number of carbonyl (C=O) groups excluding carboxylic acids is 5. The fourth-order valence-corrected chi connectivity index (χ4v) is 5.27. The Morgan fingerprint density at radius 3 is 2.65 bits per heavy atom. The van der Waals surface area contributed by atoms with E-state index < -0.39 is 59.8 Å². The Kier molecular flexibility index (Phi) is 6.24. The Balaban J connectivity index is 1.42. The summed E-state index contributed by atoms with van der Waals surface area (Å²) in [5.74, 6) is -8.12. The van der Waals surface area contributed by atoms with E-state index in [0.29, 0.717) is 18.2 Å². The van der Waals surface area contributed by atoms with Crippen LogP contribution in [0.3, 0.4) is 0 Å². The lowest BCUT2D eigenvalue weighted by Gasteiger charge is -2.33. The number of cyclic esters (lactones) is 1. The van der Waals surface area contributed by atoms with Crippen molar-refractivity contribution in [3.05, 3.63) is 54.4 Å². The van der Waals surface area contributed by atoms with Gasteiger partial charge in [-0.25, -0.2) is 4.79 Å². The van der Waals surface area contributed by atoms with Crippen LogP contribution in [-0.2, 0) is 28.7 Å². The van der Waals surface area contributed by atoms with Gasteiger partial charge in [0.25, 0.3) is 5.91 Å². The second-order valence-corrected chi connectivity index (χ2v) is 9.40. The molecule has 2 amide bonds. The monoisotopic (exact) mass is 507 g/mol. The van der Waals surface area contributed by atoms with Crippen molar-refractivity contribution in [2.24, 2.45) is 11.7 Å². The second-order valence-electron chi connectivity index (χ2n) is 9.40. The summed E-state index contributed by atoms with van der Waals surface area (Å²) in [5.41, 5.74) is 5.33. The van der Waals surface area contributed by atoms with E-state index in [4.69, 9.17) is 10.5 Å². The number of aliphatic hydroxyl groups is 1. The van der Waals surface area contributed by atoms with Gasteiger partial charge in [-0.3, -0.25) is 24.2 Å². The van der Waals surface area contributed by atoms with Gasteiger partial charge in [0.1, 0.15) is 17.7 Å². The van der Waals surface area contributed by atoms with Gasteiger partial charge in [0.05, 0.1) is 6.42 Å². The molecule has 3 aliphatic rings. The molecule has 5 atom stereocenters. The first-order valence-corrected chi connectivity index (χ1v) is 12.0. The molecule has 0 saturated carbocycles. The smallest absolute Gasteiger partial charge is 0.329 e. The van der Waals surface area contributed by atoms with E-state index in [1.54, 1.807) is 24.3 Å². The maximum Gasteiger partial charge on any atom is 0.329 e. The maximum atomic E-state index is 13.8. The average Bonchev–Trinajstić information content (AvgIpc) is 3.42. The third-order valence-electron chi connectivity index (χ3n) is 7.17. The number of aromatic nitrogens is 1. The number of ketones is 1. The highest BCUT2D eigenvalue weighted by atomic mass is 16.7. The van der Waals surface area contributed by atoms with E-state index in [2.05, 4.69) is 9.72 Å². The summed E-state index contributed by atoms with van der Waals surface area (Å²) in [4.78, 5) is 69.6. The summed E-state index contributed by atoms with van der Waals surface area (Å²) in [6, 6.07) is 7.59. The molecule has 2 fully saturated rings. The van der Waals surface area contributed by atoms with Gasteiger partial charge in [0.2, 0.25) is 5.91 Å². The molecule has 2 saturated heterocycles. The zero-order chi connectivity index (χ0) is 26.3. The molecular formula is C26H25N3O8. The first-order chi connectivity index (χ1) is 17.7. The summed E-state index contributed by atoms with van der Waals surface area (Å²) >= 11 is 0. The predicted molar refractivity (Wildman–Crippen MR) is 126 cm³/mol. The summed E-state index contributed by atoms with van der Waals surface area (Å²) in [6.07, 6.45) is 4.32. The van der Waals surface area contributed by atoms with Gasteiger partial charge in [-0.2, -0.15) is 0 Å². The molecule has 4 heterocycles. The molecule has 2 aromatic rings. The van der Waals surface area contributed by atoms with Crippen LogP contribution in [0, 0.1) is 5.92 Å². The molecule has 11 nitrogen and oxygen atoms in total. The van der Waals surface area contributed by atoms with Crippen LogP contribution in [0.15, 0.2) is 48.7 Å². The summed E-state index contributed by atoms with van der Waals surface area (Å²) in [5, 5.41) is 11.8. The number of hydrogen-bond acceptors (Lipinski definition) is 9. The summed E-state index contributed by atoms with van der Waals surface area (Å²) in [7, 11) is 0. The Bertz CT molecular complexity index is 1330. The fourth-order valence-electron chi connectivity index (χ4n) is 5.27. The maximum absolute atomic E-state index is 13.8. The second kappa shape index (κ2) is 9.40. The van der Waals surface area contributed by atoms with Crippen LogP contribution in [0.4, 0.5) is 0 Å². The van der Waals surface area contributed by atoms with Crippen LogP contribution in [-0.4, -0.2) is 68.5 Å². The van der Waals surface area contributed by atoms with Crippen LogP contribution in [0.2, 0.25) is 0 Å². The average molecular weight is 507 g/mol. The molecule has 3 aliphatic heterocycles. The molecule has 5 unspecified atom stereocenters. The van der Waals surface area contributed by atoms with Crippen LogP contribution in [0.5, 0.6) is 0 Å². The number of hydrogen-bond donors (Lipinski definition) is 2. The zero-order valence-corrected chi connectivity index (χ0v) is 19.7. The minimum atomic E-state index is -2.79. The molecule has 0 radical (unpaired) electrons. The van der Waals surface area contributed by atoms with Gasteiger partial charge in [0, 0.05) is 17.6 Å². The van der Waals surface area contributed by atoms with Gasteiger partial charge >= 0.3 is 17.7 Å². The first-order valence-electron chi connectivity index (χ1n) is 12.0. The Morgan fingerprint density at radius 1 is 1.11 bits per heavy atom. The Morgan fingerprint density at radius 2 is 1.86 bits per heavy atom. The number of benzene rings is 1. The van der Waals surface area contributed by atoms with Crippen molar-refractivity contribution in [2.45, 2.75) is 56.1 Å². The number of Topliss-reactive ketones (excluding diaryl/α,β-unsaturated/α-hetero) is 1.